The molecule has 2 aliphatic rings. The maximum Gasteiger partial charge on any atom is 0.333 e. The highest BCUT2D eigenvalue weighted by Gasteiger charge is 2.69. The lowest BCUT2D eigenvalue weighted by molar-refractivity contribution is -0.147. The molecule has 3 amide bonds. The predicted octanol–water partition coefficient (Wildman–Crippen LogP) is 4.26. The number of hydrogen-bond donors (Lipinski definition) is 2. The molecule has 1 saturated heterocycles. The van der Waals surface area contributed by atoms with Gasteiger partial charge in [-0.25, -0.2) is 9.59 Å². The van der Waals surface area contributed by atoms with Gasteiger partial charge in [-0.1, -0.05) is 95.3 Å². The summed E-state index contributed by atoms with van der Waals surface area (Å²) in [4.78, 5) is 54.5. The Hall–Kier alpha value is -3.68. The topological polar surface area (TPSA) is 105 Å². The number of benzene rings is 2. The minimum atomic E-state index is -1.07. The van der Waals surface area contributed by atoms with E-state index in [0.717, 1.165) is 5.56 Å². The number of fused-ring (bicyclic) bond motifs is 1. The molecule has 2 N–H and O–H groups in total. The molecular formula is C31H39N3O5. The van der Waals surface area contributed by atoms with Crippen LogP contribution in [0.5, 0.6) is 0 Å². The van der Waals surface area contributed by atoms with Crippen molar-refractivity contribution >= 4 is 23.7 Å². The molecule has 1 aliphatic carbocycles. The maximum absolute atomic E-state index is 13.8. The van der Waals surface area contributed by atoms with Crippen molar-refractivity contribution in [1.82, 2.24) is 15.5 Å². The van der Waals surface area contributed by atoms with Gasteiger partial charge >= 0.3 is 12.0 Å². The number of carbonyl (C=O) groups excluding carboxylic acids is 4. The minimum Gasteiger partial charge on any atom is -0.459 e. The summed E-state index contributed by atoms with van der Waals surface area (Å²) in [7, 11) is 0. The molecule has 0 spiro atoms. The van der Waals surface area contributed by atoms with E-state index in [1.54, 1.807) is 29.2 Å². The van der Waals surface area contributed by atoms with E-state index in [9.17, 15) is 19.2 Å². The standard InChI is InChI=1S/C31H39N3O5/c1-19(35)25-23-22(31(23,5)6)17-34(25)27(36)26(30(2,3)4)33-29(38)32-24(21-15-11-8-12-16-21)28(37)39-18-20-13-9-7-10-14-20/h7-16,22-26H,17-18H2,1-6H3,(H2,32,33,38)/t22-,23-,24+,25+,26+/m0/s1. The highest BCUT2D eigenvalue weighted by Crippen LogP contribution is 2.65. The molecule has 2 aromatic carbocycles. The number of ketones is 1. The van der Waals surface area contributed by atoms with Gasteiger partial charge in [-0.3, -0.25) is 9.59 Å². The Kier molecular flexibility index (Phi) is 7.87. The van der Waals surface area contributed by atoms with Crippen molar-refractivity contribution in [3.05, 3.63) is 71.8 Å². The van der Waals surface area contributed by atoms with E-state index < -0.39 is 35.5 Å². The molecule has 2 fully saturated rings. The van der Waals surface area contributed by atoms with Gasteiger partial charge < -0.3 is 20.3 Å². The van der Waals surface area contributed by atoms with Crippen LogP contribution < -0.4 is 10.6 Å². The summed E-state index contributed by atoms with van der Waals surface area (Å²) in [6.07, 6.45) is 0. The van der Waals surface area contributed by atoms with Crippen molar-refractivity contribution in [2.24, 2.45) is 22.7 Å². The number of nitrogens with zero attached hydrogens (tertiary/aromatic N) is 1. The number of Topliss-reactive ketones (excluding diaryl/α,β-unsaturated/α-hetero) is 1. The molecule has 2 aromatic rings. The predicted molar refractivity (Wildman–Crippen MR) is 147 cm³/mol. The Morgan fingerprint density at radius 2 is 1.56 bits per heavy atom. The Labute approximate surface area is 230 Å². The third-order valence-electron chi connectivity index (χ3n) is 8.16. The molecule has 1 heterocycles. The smallest absolute Gasteiger partial charge is 0.333 e. The fraction of sp³-hybridized carbons (Fsp3) is 0.484. The number of urea groups is 1. The van der Waals surface area contributed by atoms with E-state index >= 15 is 0 Å². The molecule has 0 bridgehead atoms. The highest BCUT2D eigenvalue weighted by molar-refractivity contribution is 5.94. The second-order valence-electron chi connectivity index (χ2n) is 12.4. The number of piperidine rings is 1. The number of hydrogen-bond acceptors (Lipinski definition) is 5. The van der Waals surface area contributed by atoms with Crippen LogP contribution in [-0.4, -0.2) is 47.2 Å². The van der Waals surface area contributed by atoms with Crippen molar-refractivity contribution in [2.45, 2.75) is 66.3 Å². The van der Waals surface area contributed by atoms with Crippen LogP contribution in [0.25, 0.3) is 0 Å². The number of carbonyl (C=O) groups is 4. The lowest BCUT2D eigenvalue weighted by Crippen LogP contribution is -2.59. The van der Waals surface area contributed by atoms with Crippen molar-refractivity contribution in [2.75, 3.05) is 6.54 Å². The highest BCUT2D eigenvalue weighted by atomic mass is 16.5. The van der Waals surface area contributed by atoms with Crippen molar-refractivity contribution in [3.8, 4) is 0 Å². The van der Waals surface area contributed by atoms with Crippen LogP contribution in [0.1, 0.15) is 58.7 Å². The number of ether oxygens (including phenoxy) is 1. The van der Waals surface area contributed by atoms with E-state index in [0.29, 0.717) is 12.1 Å². The molecular weight excluding hydrogens is 494 g/mol. The van der Waals surface area contributed by atoms with Gasteiger partial charge in [0.05, 0.1) is 6.04 Å². The second kappa shape index (κ2) is 10.8. The summed E-state index contributed by atoms with van der Waals surface area (Å²) in [6.45, 7) is 11.9. The molecule has 0 aromatic heterocycles. The number of esters is 1. The Bertz CT molecular complexity index is 1220. The Morgan fingerprint density at radius 3 is 2.13 bits per heavy atom. The second-order valence-corrected chi connectivity index (χ2v) is 12.4. The average molecular weight is 534 g/mol. The van der Waals surface area contributed by atoms with E-state index in [2.05, 4.69) is 24.5 Å². The fourth-order valence-corrected chi connectivity index (χ4v) is 5.84. The fourth-order valence-electron chi connectivity index (χ4n) is 5.84. The monoisotopic (exact) mass is 533 g/mol. The third-order valence-corrected chi connectivity index (χ3v) is 8.16. The molecule has 8 heteroatoms. The third kappa shape index (κ3) is 6.00. The van der Waals surface area contributed by atoms with Gasteiger partial charge in [0.2, 0.25) is 5.91 Å². The number of likely N-dealkylation sites (tertiary alicyclic amines) is 1. The summed E-state index contributed by atoms with van der Waals surface area (Å²) in [5, 5.41) is 5.53. The zero-order valence-electron chi connectivity index (χ0n) is 23.6. The number of rotatable bonds is 8. The van der Waals surface area contributed by atoms with Crippen molar-refractivity contribution in [3.63, 3.8) is 0 Å². The summed E-state index contributed by atoms with van der Waals surface area (Å²) >= 11 is 0. The molecule has 1 saturated carbocycles. The first kappa shape index (κ1) is 28.3. The first-order valence-corrected chi connectivity index (χ1v) is 13.5. The van der Waals surface area contributed by atoms with Gasteiger partial charge in [-0.15, -0.1) is 0 Å². The molecule has 5 atom stereocenters. The Balaban J connectivity index is 1.49. The van der Waals surface area contributed by atoms with Crippen LogP contribution in [0.4, 0.5) is 4.79 Å². The quantitative estimate of drug-likeness (QED) is 0.494. The summed E-state index contributed by atoms with van der Waals surface area (Å²) in [6, 6.07) is 15.0. The number of nitrogens with one attached hydrogen (secondary N) is 2. The molecule has 39 heavy (non-hydrogen) atoms. The normalized spacial score (nSPS) is 22.7. The van der Waals surface area contributed by atoms with Gasteiger partial charge in [0, 0.05) is 6.54 Å². The molecule has 208 valence electrons. The zero-order valence-corrected chi connectivity index (χ0v) is 23.6. The van der Waals surface area contributed by atoms with E-state index in [1.165, 1.54) is 6.92 Å². The molecule has 8 nitrogen and oxygen atoms in total. The summed E-state index contributed by atoms with van der Waals surface area (Å²) < 4.78 is 5.53. The van der Waals surface area contributed by atoms with Gasteiger partial charge in [-0.2, -0.15) is 0 Å². The summed E-state index contributed by atoms with van der Waals surface area (Å²) in [5.74, 6) is -0.535. The molecule has 0 unspecified atom stereocenters. The van der Waals surface area contributed by atoms with E-state index in [1.807, 2.05) is 57.2 Å². The van der Waals surface area contributed by atoms with Crippen LogP contribution in [-0.2, 0) is 25.7 Å². The van der Waals surface area contributed by atoms with E-state index in [4.69, 9.17) is 4.74 Å². The van der Waals surface area contributed by atoms with Gasteiger partial charge in [0.1, 0.15) is 12.6 Å². The van der Waals surface area contributed by atoms with Crippen molar-refractivity contribution in [1.29, 1.82) is 0 Å². The summed E-state index contributed by atoms with van der Waals surface area (Å²) in [5.41, 5.74) is 0.766. The molecule has 0 radical (unpaired) electrons. The van der Waals surface area contributed by atoms with Crippen LogP contribution in [0.3, 0.4) is 0 Å². The maximum atomic E-state index is 13.8. The number of amides is 3. The lowest BCUT2D eigenvalue weighted by Gasteiger charge is -2.37. The average Bonchev–Trinajstić information content (AvgIpc) is 3.22. The Morgan fingerprint density at radius 1 is 0.974 bits per heavy atom. The lowest BCUT2D eigenvalue weighted by atomic mass is 9.85. The first-order valence-electron chi connectivity index (χ1n) is 13.5. The van der Waals surface area contributed by atoms with Crippen LogP contribution in [0.2, 0.25) is 0 Å². The van der Waals surface area contributed by atoms with Gasteiger partial charge in [-0.05, 0) is 40.7 Å². The molecule has 4 rings (SSSR count). The van der Waals surface area contributed by atoms with E-state index in [-0.39, 0.29) is 35.5 Å². The first-order chi connectivity index (χ1) is 18.3. The minimum absolute atomic E-state index is 0.0260. The van der Waals surface area contributed by atoms with Crippen molar-refractivity contribution < 1.29 is 23.9 Å². The largest absolute Gasteiger partial charge is 0.459 e. The van der Waals surface area contributed by atoms with Crippen LogP contribution in [0, 0.1) is 22.7 Å². The zero-order chi connectivity index (χ0) is 28.5. The molecule has 1 aliphatic heterocycles. The van der Waals surface area contributed by atoms with Gasteiger partial charge in [0.15, 0.2) is 11.8 Å². The van der Waals surface area contributed by atoms with Crippen LogP contribution >= 0.6 is 0 Å². The van der Waals surface area contributed by atoms with Gasteiger partial charge in [0.25, 0.3) is 0 Å². The van der Waals surface area contributed by atoms with Crippen LogP contribution in [0.15, 0.2) is 60.7 Å². The SMILES string of the molecule is CC(=O)[C@@H]1[C@@H]2[C@H](CN1C(=O)[C@@H](NC(=O)N[C@@H](C(=O)OCc1ccccc1)c1ccccc1)C(C)(C)C)C2(C)C.